The van der Waals surface area contributed by atoms with Crippen LogP contribution in [0.3, 0.4) is 0 Å². The maximum atomic E-state index is 10.4. The van der Waals surface area contributed by atoms with E-state index >= 15 is 0 Å². The van der Waals surface area contributed by atoms with Gasteiger partial charge in [0.1, 0.15) is 7.85 Å². The van der Waals surface area contributed by atoms with Crippen LogP contribution in [0, 0.1) is 0 Å². The minimum absolute atomic E-state index is 0.312. The Morgan fingerprint density at radius 3 is 2.50 bits per heavy atom. The highest BCUT2D eigenvalue weighted by molar-refractivity contribution is 6.14. The number of rotatable bonds is 2. The van der Waals surface area contributed by atoms with E-state index in [9.17, 15) is 4.79 Å². The SMILES string of the molecule is BCC(=C)C(=O)OC. The molecular formula is C5H9BO2. The summed E-state index contributed by atoms with van der Waals surface area (Å²) in [6.07, 6.45) is 0.659. The second-order valence-corrected chi connectivity index (χ2v) is 1.45. The molecule has 0 bridgehead atoms. The third-order valence-corrected chi connectivity index (χ3v) is 0.901. The van der Waals surface area contributed by atoms with E-state index in [-0.39, 0.29) is 5.97 Å². The summed E-state index contributed by atoms with van der Waals surface area (Å²) in [4.78, 5) is 10.4. The van der Waals surface area contributed by atoms with Crippen LogP contribution in [-0.4, -0.2) is 20.9 Å². The zero-order valence-electron chi connectivity index (χ0n) is 5.23. The topological polar surface area (TPSA) is 26.3 Å². The summed E-state index contributed by atoms with van der Waals surface area (Å²) >= 11 is 0. The van der Waals surface area contributed by atoms with Gasteiger partial charge in [-0.25, -0.2) is 4.79 Å². The summed E-state index contributed by atoms with van der Waals surface area (Å²) < 4.78 is 4.36. The molecule has 0 atom stereocenters. The Bertz CT molecular complexity index is 95.0. The lowest BCUT2D eigenvalue weighted by Crippen LogP contribution is -2.02. The number of carbonyl (C=O) groups is 1. The highest BCUT2D eigenvalue weighted by Crippen LogP contribution is 1.95. The van der Waals surface area contributed by atoms with Gasteiger partial charge in [-0.1, -0.05) is 12.9 Å². The number of hydrogen-bond acceptors (Lipinski definition) is 2. The zero-order chi connectivity index (χ0) is 6.57. The predicted molar refractivity (Wildman–Crippen MR) is 34.5 cm³/mol. The average Bonchev–Trinajstić information content (AvgIpc) is 1.84. The molecule has 0 saturated heterocycles. The van der Waals surface area contributed by atoms with Gasteiger partial charge in [-0.05, 0) is 0 Å². The van der Waals surface area contributed by atoms with Crippen molar-refractivity contribution >= 4 is 13.8 Å². The number of methoxy groups -OCH3 is 1. The molecule has 0 aromatic carbocycles. The highest BCUT2D eigenvalue weighted by Gasteiger charge is 2.00. The van der Waals surface area contributed by atoms with Crippen molar-refractivity contribution in [3.05, 3.63) is 12.2 Å². The maximum absolute atomic E-state index is 10.4. The lowest BCUT2D eigenvalue weighted by Gasteiger charge is -1.95. The molecule has 0 fully saturated rings. The molecule has 0 N–H and O–H groups in total. The van der Waals surface area contributed by atoms with Gasteiger partial charge in [-0.3, -0.25) is 0 Å². The van der Waals surface area contributed by atoms with Gasteiger partial charge in [0.2, 0.25) is 0 Å². The molecule has 44 valence electrons. The first kappa shape index (κ1) is 7.27. The third kappa shape index (κ3) is 1.82. The first-order valence-corrected chi connectivity index (χ1v) is 2.48. The summed E-state index contributed by atoms with van der Waals surface area (Å²) in [6.45, 7) is 3.47. The molecule has 0 aromatic rings. The molecule has 0 aliphatic carbocycles. The van der Waals surface area contributed by atoms with E-state index in [0.29, 0.717) is 11.9 Å². The largest absolute Gasteiger partial charge is 0.466 e. The van der Waals surface area contributed by atoms with Gasteiger partial charge in [0.25, 0.3) is 0 Å². The number of carbonyl (C=O) groups excluding carboxylic acids is 1. The highest BCUT2D eigenvalue weighted by atomic mass is 16.5. The van der Waals surface area contributed by atoms with E-state index in [1.807, 2.05) is 7.85 Å². The molecule has 0 spiro atoms. The van der Waals surface area contributed by atoms with Gasteiger partial charge in [0.05, 0.1) is 7.11 Å². The van der Waals surface area contributed by atoms with Crippen molar-refractivity contribution in [2.45, 2.75) is 6.32 Å². The molecule has 0 aromatic heterocycles. The fourth-order valence-corrected chi connectivity index (χ4v) is 0.289. The minimum Gasteiger partial charge on any atom is -0.466 e. The van der Waals surface area contributed by atoms with Crippen molar-refractivity contribution in [1.82, 2.24) is 0 Å². The maximum Gasteiger partial charge on any atom is 0.332 e. The van der Waals surface area contributed by atoms with Crippen LogP contribution in [0.2, 0.25) is 6.32 Å². The predicted octanol–water partition coefficient (Wildman–Crippen LogP) is -0.233. The number of esters is 1. The summed E-state index contributed by atoms with van der Waals surface area (Å²) in [5.74, 6) is -0.312. The summed E-state index contributed by atoms with van der Waals surface area (Å²) in [7, 11) is 3.21. The Labute approximate surface area is 49.9 Å². The average molecular weight is 112 g/mol. The fourth-order valence-electron chi connectivity index (χ4n) is 0.289. The molecule has 8 heavy (non-hydrogen) atoms. The van der Waals surface area contributed by atoms with Gasteiger partial charge < -0.3 is 4.74 Å². The standard InChI is InChI=1S/C5H9BO2/c1-4(3-6)5(7)8-2/h1,3,6H2,2H3. The van der Waals surface area contributed by atoms with Crippen LogP contribution in [0.4, 0.5) is 0 Å². The molecule has 2 nitrogen and oxygen atoms in total. The molecule has 0 aliphatic heterocycles. The van der Waals surface area contributed by atoms with Crippen molar-refractivity contribution in [1.29, 1.82) is 0 Å². The van der Waals surface area contributed by atoms with E-state index in [4.69, 9.17) is 0 Å². The van der Waals surface area contributed by atoms with Crippen molar-refractivity contribution in [3.8, 4) is 0 Å². The Kier molecular flexibility index (Phi) is 3.00. The van der Waals surface area contributed by atoms with Crippen molar-refractivity contribution in [2.24, 2.45) is 0 Å². The lowest BCUT2D eigenvalue weighted by molar-refractivity contribution is -0.135. The molecule has 0 rings (SSSR count). The molecule has 0 saturated carbocycles. The molecule has 3 heteroatoms. The molecule has 0 unspecified atom stereocenters. The van der Waals surface area contributed by atoms with Crippen LogP contribution >= 0.6 is 0 Å². The number of ether oxygens (including phenoxy) is 1. The Morgan fingerprint density at radius 1 is 1.88 bits per heavy atom. The van der Waals surface area contributed by atoms with Crippen LogP contribution in [0.5, 0.6) is 0 Å². The first-order valence-electron chi connectivity index (χ1n) is 2.48. The molecule has 0 aliphatic rings. The Morgan fingerprint density at radius 2 is 2.38 bits per heavy atom. The lowest BCUT2D eigenvalue weighted by atomic mass is 9.98. The fraction of sp³-hybridized carbons (Fsp3) is 0.400. The monoisotopic (exact) mass is 112 g/mol. The minimum atomic E-state index is -0.312. The Balaban J connectivity index is 3.64. The van der Waals surface area contributed by atoms with Gasteiger partial charge in [-0.2, -0.15) is 0 Å². The van der Waals surface area contributed by atoms with E-state index in [1.165, 1.54) is 7.11 Å². The second kappa shape index (κ2) is 3.30. The van der Waals surface area contributed by atoms with Gasteiger partial charge in [-0.15, -0.1) is 0 Å². The molecule has 0 heterocycles. The van der Waals surface area contributed by atoms with Gasteiger partial charge in [0, 0.05) is 5.57 Å². The summed E-state index contributed by atoms with van der Waals surface area (Å²) in [5, 5.41) is 0. The first-order chi connectivity index (χ1) is 3.72. The van der Waals surface area contributed by atoms with Crippen molar-refractivity contribution < 1.29 is 9.53 Å². The Hall–Kier alpha value is -0.725. The van der Waals surface area contributed by atoms with Crippen LogP contribution < -0.4 is 0 Å². The van der Waals surface area contributed by atoms with E-state index in [0.717, 1.165) is 0 Å². The second-order valence-electron chi connectivity index (χ2n) is 1.45. The normalized spacial score (nSPS) is 8.12. The quantitative estimate of drug-likeness (QED) is 0.280. The van der Waals surface area contributed by atoms with Gasteiger partial charge in [0.15, 0.2) is 0 Å². The number of hydrogen-bond donors (Lipinski definition) is 0. The smallest absolute Gasteiger partial charge is 0.332 e. The zero-order valence-corrected chi connectivity index (χ0v) is 5.23. The van der Waals surface area contributed by atoms with Crippen LogP contribution in [-0.2, 0) is 9.53 Å². The van der Waals surface area contributed by atoms with E-state index in [2.05, 4.69) is 11.3 Å². The third-order valence-electron chi connectivity index (χ3n) is 0.901. The van der Waals surface area contributed by atoms with E-state index < -0.39 is 0 Å². The molecule has 0 amide bonds. The van der Waals surface area contributed by atoms with Crippen LogP contribution in [0.1, 0.15) is 0 Å². The molecule has 0 radical (unpaired) electrons. The van der Waals surface area contributed by atoms with Crippen LogP contribution in [0.25, 0.3) is 0 Å². The summed E-state index contributed by atoms with van der Waals surface area (Å²) in [6, 6.07) is 0. The van der Waals surface area contributed by atoms with Crippen LogP contribution in [0.15, 0.2) is 12.2 Å². The molecular weight excluding hydrogens is 103 g/mol. The van der Waals surface area contributed by atoms with Gasteiger partial charge >= 0.3 is 5.97 Å². The summed E-state index contributed by atoms with van der Waals surface area (Å²) in [5.41, 5.74) is 0.521. The van der Waals surface area contributed by atoms with Crippen molar-refractivity contribution in [2.75, 3.05) is 7.11 Å². The van der Waals surface area contributed by atoms with Crippen molar-refractivity contribution in [3.63, 3.8) is 0 Å². The van der Waals surface area contributed by atoms with E-state index in [1.54, 1.807) is 0 Å².